The summed E-state index contributed by atoms with van der Waals surface area (Å²) in [7, 11) is 1.84. The van der Waals surface area contributed by atoms with E-state index in [4.69, 9.17) is 4.74 Å². The molecule has 0 radical (unpaired) electrons. The maximum Gasteiger partial charge on any atom is 0.261 e. The van der Waals surface area contributed by atoms with Gasteiger partial charge in [-0.25, -0.2) is 4.98 Å². The lowest BCUT2D eigenvalue weighted by Crippen LogP contribution is -2.24. The summed E-state index contributed by atoms with van der Waals surface area (Å²) < 4.78 is 9.01. The van der Waals surface area contributed by atoms with Crippen LogP contribution in [0, 0.1) is 0 Å². The second-order valence-corrected chi connectivity index (χ2v) is 7.53. The van der Waals surface area contributed by atoms with E-state index in [9.17, 15) is 9.59 Å². The SMILES string of the molecule is Cn1cc(-c2cc(Oc3ccc4ncn(CC(=O)c5ccccc5)c(=O)c4c3)ccn2)cn1. The van der Waals surface area contributed by atoms with Gasteiger partial charge in [0.15, 0.2) is 5.78 Å². The molecule has 0 saturated heterocycles. The van der Waals surface area contributed by atoms with Crippen LogP contribution in [0.25, 0.3) is 22.2 Å². The van der Waals surface area contributed by atoms with Gasteiger partial charge in [0.05, 0.1) is 35.7 Å². The molecule has 5 rings (SSSR count). The summed E-state index contributed by atoms with van der Waals surface area (Å²) in [6, 6.07) is 17.5. The fraction of sp³-hybridized carbons (Fsp3) is 0.0800. The van der Waals surface area contributed by atoms with E-state index in [0.29, 0.717) is 28.0 Å². The number of benzene rings is 2. The van der Waals surface area contributed by atoms with Gasteiger partial charge in [0, 0.05) is 36.6 Å². The van der Waals surface area contributed by atoms with Crippen LogP contribution in [0.5, 0.6) is 11.5 Å². The van der Waals surface area contributed by atoms with Crippen molar-refractivity contribution in [2.75, 3.05) is 0 Å². The molecule has 0 aliphatic heterocycles. The molecule has 3 aromatic heterocycles. The molecule has 0 spiro atoms. The molecule has 3 heterocycles. The van der Waals surface area contributed by atoms with Crippen molar-refractivity contribution in [3.05, 3.63) is 101 Å². The van der Waals surface area contributed by atoms with E-state index < -0.39 is 0 Å². The molecule has 0 unspecified atom stereocenters. The van der Waals surface area contributed by atoms with Crippen molar-refractivity contribution in [2.45, 2.75) is 6.54 Å². The van der Waals surface area contributed by atoms with Gasteiger partial charge >= 0.3 is 0 Å². The van der Waals surface area contributed by atoms with Crippen LogP contribution in [-0.4, -0.2) is 30.1 Å². The molecule has 0 aliphatic rings. The minimum Gasteiger partial charge on any atom is -0.457 e. The topological polar surface area (TPSA) is 91.9 Å². The molecule has 8 heteroatoms. The first-order valence-electron chi connectivity index (χ1n) is 10.3. The molecular weight excluding hydrogens is 418 g/mol. The molecule has 33 heavy (non-hydrogen) atoms. The number of carbonyl (C=O) groups excluding carboxylic acids is 1. The predicted molar refractivity (Wildman–Crippen MR) is 123 cm³/mol. The normalized spacial score (nSPS) is 10.9. The Morgan fingerprint density at radius 3 is 2.61 bits per heavy atom. The van der Waals surface area contributed by atoms with E-state index in [0.717, 1.165) is 11.3 Å². The van der Waals surface area contributed by atoms with Crippen LogP contribution in [0.1, 0.15) is 10.4 Å². The Bertz CT molecular complexity index is 1520. The number of hydrogen-bond donors (Lipinski definition) is 0. The number of carbonyl (C=O) groups is 1. The lowest BCUT2D eigenvalue weighted by atomic mass is 10.1. The largest absolute Gasteiger partial charge is 0.457 e. The molecule has 0 aliphatic carbocycles. The Hall–Kier alpha value is -4.59. The smallest absolute Gasteiger partial charge is 0.261 e. The second kappa shape index (κ2) is 8.51. The van der Waals surface area contributed by atoms with E-state index in [1.165, 1.54) is 10.9 Å². The highest BCUT2D eigenvalue weighted by molar-refractivity contribution is 5.96. The summed E-state index contributed by atoms with van der Waals surface area (Å²) in [5.41, 5.74) is 2.37. The molecule has 2 aromatic carbocycles. The van der Waals surface area contributed by atoms with Crippen LogP contribution in [0.2, 0.25) is 0 Å². The summed E-state index contributed by atoms with van der Waals surface area (Å²) >= 11 is 0. The van der Waals surface area contributed by atoms with Crippen molar-refractivity contribution >= 4 is 16.7 Å². The van der Waals surface area contributed by atoms with Gasteiger partial charge in [-0.15, -0.1) is 0 Å². The zero-order valence-corrected chi connectivity index (χ0v) is 17.8. The average molecular weight is 437 g/mol. The van der Waals surface area contributed by atoms with Crippen LogP contribution >= 0.6 is 0 Å². The van der Waals surface area contributed by atoms with Gasteiger partial charge in [0.25, 0.3) is 5.56 Å². The van der Waals surface area contributed by atoms with Gasteiger partial charge in [-0.1, -0.05) is 30.3 Å². The van der Waals surface area contributed by atoms with Gasteiger partial charge < -0.3 is 4.74 Å². The van der Waals surface area contributed by atoms with E-state index >= 15 is 0 Å². The highest BCUT2D eigenvalue weighted by Gasteiger charge is 2.12. The summed E-state index contributed by atoms with van der Waals surface area (Å²) in [5.74, 6) is 0.898. The van der Waals surface area contributed by atoms with Crippen molar-refractivity contribution < 1.29 is 9.53 Å². The zero-order valence-electron chi connectivity index (χ0n) is 17.8. The standard InChI is InChI=1S/C25H19N5O3/c1-29-14-18(13-28-29)23-12-20(9-10-26-23)33-19-7-8-22-21(11-19)25(32)30(16-27-22)15-24(31)17-5-3-2-4-6-17/h2-14,16H,15H2,1H3. The Morgan fingerprint density at radius 1 is 1.00 bits per heavy atom. The van der Waals surface area contributed by atoms with Crippen molar-refractivity contribution in [2.24, 2.45) is 7.05 Å². The highest BCUT2D eigenvalue weighted by atomic mass is 16.5. The molecule has 0 N–H and O–H groups in total. The van der Waals surface area contributed by atoms with Crippen LogP contribution in [0.15, 0.2) is 90.4 Å². The summed E-state index contributed by atoms with van der Waals surface area (Å²) in [6.07, 6.45) is 6.65. The van der Waals surface area contributed by atoms with E-state index in [1.807, 2.05) is 19.3 Å². The maximum atomic E-state index is 13.0. The average Bonchev–Trinajstić information content (AvgIpc) is 3.28. The predicted octanol–water partition coefficient (Wildman–Crippen LogP) is 3.87. The first-order valence-corrected chi connectivity index (χ1v) is 10.3. The first kappa shape index (κ1) is 20.3. The fourth-order valence-corrected chi connectivity index (χ4v) is 3.51. The molecule has 0 fully saturated rings. The molecule has 5 aromatic rings. The van der Waals surface area contributed by atoms with Gasteiger partial charge in [-0.2, -0.15) is 5.10 Å². The summed E-state index contributed by atoms with van der Waals surface area (Å²) in [4.78, 5) is 34.3. The van der Waals surface area contributed by atoms with Crippen molar-refractivity contribution in [3.8, 4) is 22.8 Å². The van der Waals surface area contributed by atoms with Crippen LogP contribution < -0.4 is 10.3 Å². The lowest BCUT2D eigenvalue weighted by molar-refractivity contribution is 0.0970. The quantitative estimate of drug-likeness (QED) is 0.375. The second-order valence-electron chi connectivity index (χ2n) is 7.53. The fourth-order valence-electron chi connectivity index (χ4n) is 3.51. The first-order chi connectivity index (χ1) is 16.1. The van der Waals surface area contributed by atoms with Crippen LogP contribution in [-0.2, 0) is 13.6 Å². The Labute approximate surface area is 188 Å². The number of aromatic nitrogens is 5. The summed E-state index contributed by atoms with van der Waals surface area (Å²) in [5, 5.41) is 4.54. The van der Waals surface area contributed by atoms with Gasteiger partial charge in [0.2, 0.25) is 0 Å². The highest BCUT2D eigenvalue weighted by Crippen LogP contribution is 2.26. The van der Waals surface area contributed by atoms with Gasteiger partial charge in [-0.05, 0) is 24.3 Å². The van der Waals surface area contributed by atoms with Crippen molar-refractivity contribution in [3.63, 3.8) is 0 Å². The third kappa shape index (κ3) is 4.27. The van der Waals surface area contributed by atoms with Gasteiger partial charge in [0.1, 0.15) is 11.5 Å². The van der Waals surface area contributed by atoms with E-state index in [1.54, 1.807) is 71.7 Å². The number of hydrogen-bond acceptors (Lipinski definition) is 6. The van der Waals surface area contributed by atoms with E-state index in [-0.39, 0.29) is 17.9 Å². The number of fused-ring (bicyclic) bond motifs is 1. The number of rotatable bonds is 6. The molecule has 8 nitrogen and oxygen atoms in total. The number of nitrogens with zero attached hydrogens (tertiary/aromatic N) is 5. The van der Waals surface area contributed by atoms with Crippen LogP contribution in [0.4, 0.5) is 0 Å². The maximum absolute atomic E-state index is 13.0. The molecule has 0 atom stereocenters. The zero-order chi connectivity index (χ0) is 22.8. The number of pyridine rings is 1. The van der Waals surface area contributed by atoms with Crippen LogP contribution in [0.3, 0.4) is 0 Å². The third-order valence-corrected chi connectivity index (χ3v) is 5.17. The molecule has 0 bridgehead atoms. The minimum atomic E-state index is -0.305. The number of Topliss-reactive ketones (excluding diaryl/α,β-unsaturated/α-hetero) is 1. The summed E-state index contributed by atoms with van der Waals surface area (Å²) in [6.45, 7) is -0.0876. The molecular formula is C25H19N5O3. The monoisotopic (exact) mass is 437 g/mol. The lowest BCUT2D eigenvalue weighted by Gasteiger charge is -2.09. The Balaban J connectivity index is 1.43. The molecule has 162 valence electrons. The Morgan fingerprint density at radius 2 is 1.82 bits per heavy atom. The number of ether oxygens (including phenoxy) is 1. The number of ketones is 1. The molecule has 0 saturated carbocycles. The third-order valence-electron chi connectivity index (χ3n) is 5.17. The van der Waals surface area contributed by atoms with Gasteiger partial charge in [-0.3, -0.25) is 23.8 Å². The minimum absolute atomic E-state index is 0.0876. The number of aryl methyl sites for hydroxylation is 1. The molecule has 0 amide bonds. The Kier molecular flexibility index (Phi) is 5.24. The van der Waals surface area contributed by atoms with Crippen molar-refractivity contribution in [1.29, 1.82) is 0 Å². The van der Waals surface area contributed by atoms with E-state index in [2.05, 4.69) is 15.1 Å². The van der Waals surface area contributed by atoms with Crippen molar-refractivity contribution in [1.82, 2.24) is 24.3 Å².